The number of carbonyl (C=O) groups excluding carboxylic acids is 1. The number of esters is 1. The molecule has 0 spiro atoms. The number of rotatable bonds is 5. The van der Waals surface area contributed by atoms with Gasteiger partial charge < -0.3 is 4.74 Å². The molecular weight excluding hydrogens is 262 g/mol. The highest BCUT2D eigenvalue weighted by molar-refractivity contribution is 7.91. The lowest BCUT2D eigenvalue weighted by Gasteiger charge is -2.04. The van der Waals surface area contributed by atoms with Gasteiger partial charge in [0.2, 0.25) is 0 Å². The summed E-state index contributed by atoms with van der Waals surface area (Å²) in [4.78, 5) is 20.2. The zero-order valence-corrected chi connectivity index (χ0v) is 10.3. The number of carbonyl (C=O) groups is 1. The van der Waals surface area contributed by atoms with E-state index in [0.29, 0.717) is 0 Å². The van der Waals surface area contributed by atoms with Crippen molar-refractivity contribution in [1.82, 2.24) is 0 Å². The molecule has 1 aromatic carbocycles. The first-order valence-corrected chi connectivity index (χ1v) is 6.59. The Morgan fingerprint density at radius 2 is 1.89 bits per heavy atom. The van der Waals surface area contributed by atoms with Crippen LogP contribution in [0.2, 0.25) is 0 Å². The first kappa shape index (κ1) is 14.1. The summed E-state index contributed by atoms with van der Waals surface area (Å²) in [7, 11) is -3.60. The maximum Gasteiger partial charge on any atom is 0.302 e. The number of nitro benzene ring substituents is 1. The Hall–Kier alpha value is -1.96. The Morgan fingerprint density at radius 3 is 2.33 bits per heavy atom. The van der Waals surface area contributed by atoms with E-state index >= 15 is 0 Å². The van der Waals surface area contributed by atoms with E-state index < -0.39 is 20.7 Å². The van der Waals surface area contributed by atoms with Crippen molar-refractivity contribution < 1.29 is 22.9 Å². The Balaban J connectivity index is 2.79. The fourth-order valence-corrected chi connectivity index (χ4v) is 2.28. The van der Waals surface area contributed by atoms with E-state index in [1.807, 2.05) is 0 Å². The van der Waals surface area contributed by atoms with Gasteiger partial charge in [-0.25, -0.2) is 8.42 Å². The van der Waals surface area contributed by atoms with E-state index in [1.54, 1.807) is 0 Å². The van der Waals surface area contributed by atoms with Gasteiger partial charge in [-0.3, -0.25) is 14.9 Å². The summed E-state index contributed by atoms with van der Waals surface area (Å²) in [5.74, 6) is -0.918. The molecule has 8 heteroatoms. The second-order valence-electron chi connectivity index (χ2n) is 3.41. The monoisotopic (exact) mass is 273 g/mol. The van der Waals surface area contributed by atoms with Crippen LogP contribution in [-0.4, -0.2) is 31.7 Å². The van der Waals surface area contributed by atoms with E-state index in [4.69, 9.17) is 0 Å². The van der Waals surface area contributed by atoms with Gasteiger partial charge in [0.1, 0.15) is 6.61 Å². The summed E-state index contributed by atoms with van der Waals surface area (Å²) in [5.41, 5.74) is -0.186. The first-order valence-electron chi connectivity index (χ1n) is 4.93. The number of hydrogen-bond donors (Lipinski definition) is 0. The second-order valence-corrected chi connectivity index (χ2v) is 5.52. The van der Waals surface area contributed by atoms with Gasteiger partial charge in [0, 0.05) is 19.1 Å². The molecule has 0 fully saturated rings. The van der Waals surface area contributed by atoms with Gasteiger partial charge in [-0.1, -0.05) is 0 Å². The average molecular weight is 273 g/mol. The molecule has 0 amide bonds. The predicted octanol–water partition coefficient (Wildman–Crippen LogP) is 0.932. The van der Waals surface area contributed by atoms with Crippen LogP contribution in [0.5, 0.6) is 0 Å². The molecule has 0 saturated carbocycles. The summed E-state index contributed by atoms with van der Waals surface area (Å²) >= 11 is 0. The van der Waals surface area contributed by atoms with Crippen LogP contribution in [0.15, 0.2) is 29.2 Å². The summed E-state index contributed by atoms with van der Waals surface area (Å²) in [6.07, 6.45) is 0. The smallest absolute Gasteiger partial charge is 0.302 e. The zero-order chi connectivity index (χ0) is 13.8. The van der Waals surface area contributed by atoms with E-state index in [0.717, 1.165) is 24.3 Å². The zero-order valence-electron chi connectivity index (χ0n) is 9.53. The Bertz CT molecular complexity index is 548. The molecule has 0 saturated heterocycles. The maximum atomic E-state index is 11.7. The lowest BCUT2D eigenvalue weighted by atomic mass is 10.3. The lowest BCUT2D eigenvalue weighted by molar-refractivity contribution is -0.384. The Morgan fingerprint density at radius 1 is 1.33 bits per heavy atom. The van der Waals surface area contributed by atoms with Gasteiger partial charge in [-0.05, 0) is 12.1 Å². The quantitative estimate of drug-likeness (QED) is 0.449. The highest BCUT2D eigenvalue weighted by atomic mass is 32.2. The number of nitrogens with zero attached hydrogens (tertiary/aromatic N) is 1. The fraction of sp³-hybridized carbons (Fsp3) is 0.300. The fourth-order valence-electron chi connectivity index (χ4n) is 1.19. The lowest BCUT2D eigenvalue weighted by Crippen LogP contribution is -2.14. The molecular formula is C10H11NO6S. The second kappa shape index (κ2) is 5.58. The highest BCUT2D eigenvalue weighted by Crippen LogP contribution is 2.16. The molecule has 0 aliphatic heterocycles. The van der Waals surface area contributed by atoms with Crippen LogP contribution >= 0.6 is 0 Å². The number of non-ortho nitro benzene ring substituents is 1. The molecule has 0 aliphatic rings. The number of nitro groups is 1. The van der Waals surface area contributed by atoms with E-state index in [2.05, 4.69) is 4.74 Å². The summed E-state index contributed by atoms with van der Waals surface area (Å²) < 4.78 is 28.0. The number of hydrogen-bond acceptors (Lipinski definition) is 6. The molecule has 0 aromatic heterocycles. The molecule has 1 aromatic rings. The maximum absolute atomic E-state index is 11.7. The van der Waals surface area contributed by atoms with Crippen LogP contribution in [0.25, 0.3) is 0 Å². The molecule has 0 atom stereocenters. The molecule has 0 bridgehead atoms. The molecule has 18 heavy (non-hydrogen) atoms. The van der Waals surface area contributed by atoms with Crippen molar-refractivity contribution in [2.75, 3.05) is 12.4 Å². The summed E-state index contributed by atoms with van der Waals surface area (Å²) in [6, 6.07) is 4.53. The van der Waals surface area contributed by atoms with Crippen molar-refractivity contribution in [2.24, 2.45) is 0 Å². The van der Waals surface area contributed by atoms with Crippen molar-refractivity contribution in [2.45, 2.75) is 11.8 Å². The van der Waals surface area contributed by atoms with Gasteiger partial charge in [-0.2, -0.15) is 0 Å². The molecule has 0 unspecified atom stereocenters. The van der Waals surface area contributed by atoms with Crippen LogP contribution in [0.3, 0.4) is 0 Å². The van der Waals surface area contributed by atoms with Crippen LogP contribution in [0.1, 0.15) is 6.92 Å². The van der Waals surface area contributed by atoms with Crippen molar-refractivity contribution in [1.29, 1.82) is 0 Å². The van der Waals surface area contributed by atoms with Crippen LogP contribution in [-0.2, 0) is 19.4 Å². The number of sulfone groups is 1. The Kier molecular flexibility index (Phi) is 4.38. The Labute approximate surface area is 103 Å². The molecule has 0 aliphatic carbocycles. The van der Waals surface area contributed by atoms with E-state index in [9.17, 15) is 23.3 Å². The topological polar surface area (TPSA) is 104 Å². The summed E-state index contributed by atoms with van der Waals surface area (Å²) in [5, 5.41) is 10.4. The first-order chi connectivity index (χ1) is 8.33. The third kappa shape index (κ3) is 3.81. The normalized spacial score (nSPS) is 10.9. The highest BCUT2D eigenvalue weighted by Gasteiger charge is 2.16. The van der Waals surface area contributed by atoms with Crippen LogP contribution in [0, 0.1) is 10.1 Å². The minimum atomic E-state index is -3.60. The van der Waals surface area contributed by atoms with Crippen LogP contribution in [0.4, 0.5) is 5.69 Å². The van der Waals surface area contributed by atoms with Gasteiger partial charge >= 0.3 is 5.97 Å². The predicted molar refractivity (Wildman–Crippen MR) is 61.8 cm³/mol. The largest absolute Gasteiger partial charge is 0.465 e. The third-order valence-electron chi connectivity index (χ3n) is 2.06. The van der Waals surface area contributed by atoms with Crippen molar-refractivity contribution in [3.8, 4) is 0 Å². The van der Waals surface area contributed by atoms with E-state index in [1.165, 1.54) is 6.92 Å². The van der Waals surface area contributed by atoms with Crippen molar-refractivity contribution in [3.05, 3.63) is 34.4 Å². The third-order valence-corrected chi connectivity index (χ3v) is 3.76. The van der Waals surface area contributed by atoms with Crippen molar-refractivity contribution in [3.63, 3.8) is 0 Å². The molecule has 0 heterocycles. The molecule has 0 N–H and O–H groups in total. The summed E-state index contributed by atoms with van der Waals surface area (Å²) in [6.45, 7) is 0.938. The van der Waals surface area contributed by atoms with Gasteiger partial charge in [0.05, 0.1) is 15.6 Å². The van der Waals surface area contributed by atoms with Gasteiger partial charge in [0.15, 0.2) is 9.84 Å². The minimum absolute atomic E-state index is 0.0414. The molecule has 0 radical (unpaired) electrons. The molecule has 1 rings (SSSR count). The number of ether oxygens (including phenoxy) is 1. The van der Waals surface area contributed by atoms with Gasteiger partial charge in [-0.15, -0.1) is 0 Å². The van der Waals surface area contributed by atoms with Gasteiger partial charge in [0.25, 0.3) is 5.69 Å². The average Bonchev–Trinajstić information content (AvgIpc) is 2.28. The molecule has 98 valence electrons. The number of benzene rings is 1. The SMILES string of the molecule is CC(=O)OCCS(=O)(=O)c1ccc([N+](=O)[O-])cc1. The minimum Gasteiger partial charge on any atom is -0.465 e. The van der Waals surface area contributed by atoms with Crippen LogP contribution < -0.4 is 0 Å². The van der Waals surface area contributed by atoms with Crippen molar-refractivity contribution >= 4 is 21.5 Å². The van der Waals surface area contributed by atoms with E-state index in [-0.39, 0.29) is 22.9 Å². The molecule has 7 nitrogen and oxygen atoms in total. The standard InChI is InChI=1S/C10H11NO6S/c1-8(12)17-6-7-18(15,16)10-4-2-9(3-5-10)11(13)14/h2-5H,6-7H2,1H3.